The van der Waals surface area contributed by atoms with Gasteiger partial charge in [-0.2, -0.15) is 0 Å². The lowest BCUT2D eigenvalue weighted by Crippen LogP contribution is -2.41. The second kappa shape index (κ2) is 9.74. The molecule has 1 amide bonds. The summed E-state index contributed by atoms with van der Waals surface area (Å²) >= 11 is 12.2. The Morgan fingerprint density at radius 3 is 2.09 bits per heavy atom. The standard InChI is InChI=1S/C25H27Cl2NO5/c1-15(2)22(30)28-14-21(29)17-7-9-18(10-8-17)32-23(31)24(3,4)33-19-11-5-16(6-12-19)20-13-25(20,26)27/h5-12,15,20H,13-14H2,1-4H3,(H,28,30). The number of esters is 1. The molecule has 1 unspecified atom stereocenters. The second-order valence-electron chi connectivity index (χ2n) is 8.91. The van der Waals surface area contributed by atoms with Gasteiger partial charge < -0.3 is 14.8 Å². The van der Waals surface area contributed by atoms with E-state index in [0.29, 0.717) is 17.7 Å². The number of rotatable bonds is 9. The van der Waals surface area contributed by atoms with Gasteiger partial charge in [0.15, 0.2) is 5.78 Å². The molecule has 1 aliphatic rings. The maximum Gasteiger partial charge on any atom is 0.355 e. The molecule has 0 aliphatic heterocycles. The van der Waals surface area contributed by atoms with Gasteiger partial charge in [-0.1, -0.05) is 26.0 Å². The normalized spacial score (nSPS) is 16.8. The highest BCUT2D eigenvalue weighted by atomic mass is 35.5. The van der Waals surface area contributed by atoms with Gasteiger partial charge in [0.05, 0.1) is 6.54 Å². The van der Waals surface area contributed by atoms with E-state index in [1.807, 2.05) is 12.1 Å². The summed E-state index contributed by atoms with van der Waals surface area (Å²) in [4.78, 5) is 36.5. The van der Waals surface area contributed by atoms with Crippen molar-refractivity contribution < 1.29 is 23.9 Å². The minimum absolute atomic E-state index is 0.0900. The summed E-state index contributed by atoms with van der Waals surface area (Å²) < 4.78 is 10.6. The van der Waals surface area contributed by atoms with Crippen LogP contribution < -0.4 is 14.8 Å². The van der Waals surface area contributed by atoms with Crippen molar-refractivity contribution in [2.24, 2.45) is 5.92 Å². The molecular formula is C25H27Cl2NO5. The fraction of sp³-hybridized carbons (Fsp3) is 0.400. The number of hydrogen-bond acceptors (Lipinski definition) is 5. The van der Waals surface area contributed by atoms with Crippen molar-refractivity contribution in [3.8, 4) is 11.5 Å². The molecule has 1 saturated carbocycles. The Balaban J connectivity index is 1.55. The summed E-state index contributed by atoms with van der Waals surface area (Å²) in [5, 5.41) is 2.58. The molecular weight excluding hydrogens is 465 g/mol. The average molecular weight is 492 g/mol. The molecule has 2 aromatic rings. The van der Waals surface area contributed by atoms with Gasteiger partial charge in [-0.05, 0) is 62.2 Å². The van der Waals surface area contributed by atoms with E-state index in [9.17, 15) is 14.4 Å². The summed E-state index contributed by atoms with van der Waals surface area (Å²) in [5.41, 5.74) is 0.175. The fourth-order valence-corrected chi connectivity index (χ4v) is 3.65. The summed E-state index contributed by atoms with van der Waals surface area (Å²) in [6, 6.07) is 13.5. The van der Waals surface area contributed by atoms with Crippen LogP contribution in [-0.4, -0.2) is 34.1 Å². The van der Waals surface area contributed by atoms with Crippen LogP contribution in [0.25, 0.3) is 0 Å². The lowest BCUT2D eigenvalue weighted by molar-refractivity contribution is -0.149. The van der Waals surface area contributed by atoms with Crippen molar-refractivity contribution in [2.75, 3.05) is 6.54 Å². The summed E-state index contributed by atoms with van der Waals surface area (Å²) in [6.45, 7) is 6.64. The van der Waals surface area contributed by atoms with Crippen molar-refractivity contribution in [1.82, 2.24) is 5.32 Å². The molecule has 0 saturated heterocycles. The van der Waals surface area contributed by atoms with Crippen molar-refractivity contribution in [2.45, 2.75) is 50.0 Å². The Hall–Kier alpha value is -2.57. The largest absolute Gasteiger partial charge is 0.476 e. The van der Waals surface area contributed by atoms with Crippen LogP contribution in [0.1, 0.15) is 56.0 Å². The molecule has 0 bridgehead atoms. The zero-order valence-electron chi connectivity index (χ0n) is 19.0. The highest BCUT2D eigenvalue weighted by Gasteiger charge is 2.52. The Morgan fingerprint density at radius 2 is 1.58 bits per heavy atom. The van der Waals surface area contributed by atoms with Gasteiger partial charge in [-0.25, -0.2) is 4.79 Å². The molecule has 3 rings (SSSR count). The van der Waals surface area contributed by atoms with E-state index in [4.69, 9.17) is 32.7 Å². The molecule has 1 N–H and O–H groups in total. The van der Waals surface area contributed by atoms with Gasteiger partial charge in [0.1, 0.15) is 15.8 Å². The predicted molar refractivity (Wildman–Crippen MR) is 127 cm³/mol. The van der Waals surface area contributed by atoms with E-state index in [1.165, 1.54) is 12.1 Å². The van der Waals surface area contributed by atoms with E-state index >= 15 is 0 Å². The minimum atomic E-state index is -1.25. The first kappa shape index (κ1) is 25.1. The summed E-state index contributed by atoms with van der Waals surface area (Å²) in [6.07, 6.45) is 0.713. The van der Waals surface area contributed by atoms with E-state index in [2.05, 4.69) is 5.32 Å². The number of carbonyl (C=O) groups excluding carboxylic acids is 3. The maximum absolute atomic E-state index is 12.7. The molecule has 0 heterocycles. The Bertz CT molecular complexity index is 1030. The van der Waals surface area contributed by atoms with Crippen LogP contribution in [0.15, 0.2) is 48.5 Å². The SMILES string of the molecule is CC(C)C(=O)NCC(=O)c1ccc(OC(=O)C(C)(C)Oc2ccc(C3CC3(Cl)Cl)cc2)cc1. The minimum Gasteiger partial charge on any atom is -0.476 e. The van der Waals surface area contributed by atoms with Crippen molar-refractivity contribution in [3.05, 3.63) is 59.7 Å². The van der Waals surface area contributed by atoms with Gasteiger partial charge in [0, 0.05) is 17.4 Å². The Morgan fingerprint density at radius 1 is 1.03 bits per heavy atom. The lowest BCUT2D eigenvalue weighted by atomic mass is 10.1. The monoisotopic (exact) mass is 491 g/mol. The highest BCUT2D eigenvalue weighted by molar-refractivity contribution is 6.51. The van der Waals surface area contributed by atoms with Gasteiger partial charge in [0.2, 0.25) is 11.5 Å². The molecule has 0 aromatic heterocycles. The molecule has 6 nitrogen and oxygen atoms in total. The topological polar surface area (TPSA) is 81.7 Å². The van der Waals surface area contributed by atoms with Gasteiger partial charge >= 0.3 is 5.97 Å². The molecule has 176 valence electrons. The number of nitrogens with one attached hydrogen (secondary N) is 1. The smallest absolute Gasteiger partial charge is 0.355 e. The van der Waals surface area contributed by atoms with E-state index in [1.54, 1.807) is 52.0 Å². The third-order valence-corrected chi connectivity index (χ3v) is 6.14. The number of carbonyl (C=O) groups is 3. The van der Waals surface area contributed by atoms with Crippen LogP contribution in [0.3, 0.4) is 0 Å². The number of ether oxygens (including phenoxy) is 2. The number of ketones is 1. The van der Waals surface area contributed by atoms with Crippen LogP contribution in [0, 0.1) is 5.92 Å². The molecule has 1 fully saturated rings. The summed E-state index contributed by atoms with van der Waals surface area (Å²) in [7, 11) is 0. The Kier molecular flexibility index (Phi) is 7.39. The number of Topliss-reactive ketones (excluding diaryl/α,β-unsaturated/α-hetero) is 1. The van der Waals surface area contributed by atoms with Crippen LogP contribution in [-0.2, 0) is 9.59 Å². The number of benzene rings is 2. The van der Waals surface area contributed by atoms with Crippen molar-refractivity contribution >= 4 is 40.9 Å². The molecule has 0 radical (unpaired) electrons. The number of hydrogen-bond donors (Lipinski definition) is 1. The third kappa shape index (κ3) is 6.49. The van der Waals surface area contributed by atoms with E-state index in [0.717, 1.165) is 5.56 Å². The number of amides is 1. The number of halogens is 2. The van der Waals surface area contributed by atoms with Crippen LogP contribution in [0.5, 0.6) is 11.5 Å². The van der Waals surface area contributed by atoms with Gasteiger partial charge in [-0.3, -0.25) is 9.59 Å². The first-order valence-electron chi connectivity index (χ1n) is 10.7. The van der Waals surface area contributed by atoms with E-state index in [-0.39, 0.29) is 35.8 Å². The van der Waals surface area contributed by atoms with E-state index < -0.39 is 15.9 Å². The number of alkyl halides is 2. The molecule has 2 aromatic carbocycles. The van der Waals surface area contributed by atoms with Crippen molar-refractivity contribution in [1.29, 1.82) is 0 Å². The van der Waals surface area contributed by atoms with Gasteiger partial charge in [-0.15, -0.1) is 23.2 Å². The zero-order chi connectivity index (χ0) is 24.4. The second-order valence-corrected chi connectivity index (χ2v) is 10.5. The quantitative estimate of drug-likeness (QED) is 0.229. The van der Waals surface area contributed by atoms with Crippen LogP contribution >= 0.6 is 23.2 Å². The first-order valence-corrected chi connectivity index (χ1v) is 11.4. The molecule has 1 aliphatic carbocycles. The molecule has 33 heavy (non-hydrogen) atoms. The van der Waals surface area contributed by atoms with Crippen LogP contribution in [0.4, 0.5) is 0 Å². The third-order valence-electron chi connectivity index (χ3n) is 5.31. The summed E-state index contributed by atoms with van der Waals surface area (Å²) in [5.74, 6) is -0.307. The maximum atomic E-state index is 12.7. The van der Waals surface area contributed by atoms with Crippen LogP contribution in [0.2, 0.25) is 0 Å². The molecule has 0 spiro atoms. The highest BCUT2D eigenvalue weighted by Crippen LogP contribution is 2.59. The lowest BCUT2D eigenvalue weighted by Gasteiger charge is -2.24. The first-order chi connectivity index (χ1) is 15.4. The Labute approximate surface area is 203 Å². The van der Waals surface area contributed by atoms with Crippen molar-refractivity contribution in [3.63, 3.8) is 0 Å². The predicted octanol–water partition coefficient (Wildman–Crippen LogP) is 5.07. The molecule has 1 atom stereocenters. The zero-order valence-corrected chi connectivity index (χ0v) is 20.5. The fourth-order valence-electron chi connectivity index (χ4n) is 3.09. The average Bonchev–Trinajstić information content (AvgIpc) is 3.40. The molecule has 8 heteroatoms. The van der Waals surface area contributed by atoms with Gasteiger partial charge in [0.25, 0.3) is 0 Å².